The van der Waals surface area contributed by atoms with Gasteiger partial charge in [-0.1, -0.05) is 103 Å². The van der Waals surface area contributed by atoms with E-state index in [0.717, 1.165) is 44.9 Å². The summed E-state index contributed by atoms with van der Waals surface area (Å²) in [6, 6.07) is -1.96. The topological polar surface area (TPSA) is 167 Å². The molecule has 0 aliphatic heterocycles. The summed E-state index contributed by atoms with van der Waals surface area (Å²) in [7, 11) is 0. The van der Waals surface area contributed by atoms with Crippen LogP contribution in [0.3, 0.4) is 0 Å². The van der Waals surface area contributed by atoms with Gasteiger partial charge in [0.05, 0.1) is 6.04 Å². The van der Waals surface area contributed by atoms with Crippen molar-refractivity contribution in [3.8, 4) is 0 Å². The highest BCUT2D eigenvalue weighted by Gasteiger charge is 2.21. The van der Waals surface area contributed by atoms with Crippen LogP contribution in [0.4, 0.5) is 0 Å². The monoisotopic (exact) mass is 610 g/mol. The number of carbonyl (C=O) groups is 6. The van der Waals surface area contributed by atoms with Crippen LogP contribution in [0.1, 0.15) is 161 Å². The molecule has 0 spiro atoms. The zero-order chi connectivity index (χ0) is 32.1. The van der Waals surface area contributed by atoms with Crippen LogP contribution in [0.25, 0.3) is 0 Å². The molecule has 0 aliphatic rings. The molecule has 0 saturated carbocycles. The predicted molar refractivity (Wildman–Crippen MR) is 167 cm³/mol. The molecule has 0 aliphatic carbocycles. The highest BCUT2D eigenvalue weighted by molar-refractivity contribution is 5.85. The molecule has 43 heavy (non-hydrogen) atoms. The summed E-state index contributed by atoms with van der Waals surface area (Å²) in [6.07, 6.45) is 22.2. The molecule has 248 valence electrons. The Kier molecular flexibility index (Phi) is 26.2. The zero-order valence-corrected chi connectivity index (χ0v) is 26.5. The Hall–Kier alpha value is -2.78. The Bertz CT molecular complexity index is 802. The molecule has 0 heterocycles. The number of aldehydes is 1. The van der Waals surface area contributed by atoms with Crippen molar-refractivity contribution in [1.29, 1.82) is 0 Å². The fourth-order valence-corrected chi connectivity index (χ4v) is 5.00. The van der Waals surface area contributed by atoms with Gasteiger partial charge in [0.1, 0.15) is 18.1 Å². The molecule has 10 heteroatoms. The van der Waals surface area contributed by atoms with E-state index in [1.165, 1.54) is 77.6 Å². The standard InChI is InChI=1S/C33H58N2O8/c1-27(37)22-24-29(33(42)43)35-31(39)25-23-28(26-36)34-30(38)20-18-16-14-12-10-8-6-4-2-3-5-7-9-11-13-15-17-19-21-32(40)41/h26,28-29H,2-25H2,1H3,(H,34,38)(H,35,39)(H,40,41)(H,42,43)/t28?,29-/m0/s1. The van der Waals surface area contributed by atoms with Crippen LogP contribution in [0.15, 0.2) is 0 Å². The van der Waals surface area contributed by atoms with Crippen molar-refractivity contribution < 1.29 is 39.0 Å². The van der Waals surface area contributed by atoms with E-state index in [1.807, 2.05) is 0 Å². The Balaban J connectivity index is 3.64. The van der Waals surface area contributed by atoms with Crippen LogP contribution in [0, 0.1) is 0 Å². The van der Waals surface area contributed by atoms with E-state index < -0.39 is 29.9 Å². The molecule has 0 aromatic carbocycles. The molecule has 2 amide bonds. The number of aliphatic carboxylic acids is 2. The van der Waals surface area contributed by atoms with E-state index >= 15 is 0 Å². The second-order valence-corrected chi connectivity index (χ2v) is 11.8. The Morgan fingerprint density at radius 3 is 1.30 bits per heavy atom. The number of hydrogen-bond acceptors (Lipinski definition) is 6. The molecular formula is C33H58N2O8. The minimum Gasteiger partial charge on any atom is -0.481 e. The van der Waals surface area contributed by atoms with Crippen molar-refractivity contribution in [3.63, 3.8) is 0 Å². The van der Waals surface area contributed by atoms with Gasteiger partial charge in [-0.2, -0.15) is 0 Å². The van der Waals surface area contributed by atoms with Crippen molar-refractivity contribution >= 4 is 35.8 Å². The number of carboxylic acid groups (broad SMARTS) is 2. The van der Waals surface area contributed by atoms with Gasteiger partial charge in [-0.3, -0.25) is 14.4 Å². The maximum atomic E-state index is 12.2. The SMILES string of the molecule is CC(=O)CC[C@H](NC(=O)CCC(C=O)NC(=O)CCCCCCCCCCCCCCCCCCCCC(=O)O)C(=O)O. The second-order valence-electron chi connectivity index (χ2n) is 11.8. The highest BCUT2D eigenvalue weighted by Crippen LogP contribution is 2.15. The molecule has 10 nitrogen and oxygen atoms in total. The lowest BCUT2D eigenvalue weighted by Gasteiger charge is -2.16. The lowest BCUT2D eigenvalue weighted by Crippen LogP contribution is -2.42. The minimum absolute atomic E-state index is 0.00752. The summed E-state index contributed by atoms with van der Waals surface area (Å²) in [4.78, 5) is 68.4. The molecule has 0 saturated heterocycles. The molecule has 0 bridgehead atoms. The summed E-state index contributed by atoms with van der Waals surface area (Å²) >= 11 is 0. The van der Waals surface area contributed by atoms with E-state index in [-0.39, 0.29) is 37.4 Å². The normalized spacial score (nSPS) is 12.3. The Labute approximate surface area is 258 Å². The van der Waals surface area contributed by atoms with E-state index in [9.17, 15) is 33.9 Å². The van der Waals surface area contributed by atoms with Crippen molar-refractivity contribution in [2.75, 3.05) is 0 Å². The minimum atomic E-state index is -1.22. The number of nitrogens with one attached hydrogen (secondary N) is 2. The smallest absolute Gasteiger partial charge is 0.326 e. The van der Waals surface area contributed by atoms with Crippen molar-refractivity contribution in [3.05, 3.63) is 0 Å². The molecule has 0 radical (unpaired) electrons. The third kappa shape index (κ3) is 27.8. The van der Waals surface area contributed by atoms with Gasteiger partial charge in [0.25, 0.3) is 0 Å². The van der Waals surface area contributed by atoms with Crippen LogP contribution in [-0.2, 0) is 28.8 Å². The van der Waals surface area contributed by atoms with E-state index in [2.05, 4.69) is 10.6 Å². The number of carboxylic acids is 2. The summed E-state index contributed by atoms with van der Waals surface area (Å²) in [6.45, 7) is 1.35. The second kappa shape index (κ2) is 28.0. The van der Waals surface area contributed by atoms with E-state index in [4.69, 9.17) is 5.11 Å². The quantitative estimate of drug-likeness (QED) is 0.0526. The van der Waals surface area contributed by atoms with Crippen LogP contribution >= 0.6 is 0 Å². The average Bonchev–Trinajstić information content (AvgIpc) is 2.95. The summed E-state index contributed by atoms with van der Waals surface area (Å²) < 4.78 is 0. The number of carbonyl (C=O) groups excluding carboxylic acids is 4. The first-order valence-electron chi connectivity index (χ1n) is 16.6. The highest BCUT2D eigenvalue weighted by atomic mass is 16.4. The molecule has 2 atom stereocenters. The molecule has 0 fully saturated rings. The number of ketones is 1. The van der Waals surface area contributed by atoms with Gasteiger partial charge in [-0.05, 0) is 32.6 Å². The van der Waals surface area contributed by atoms with Crippen molar-refractivity contribution in [2.24, 2.45) is 0 Å². The molecule has 1 unspecified atom stereocenters. The lowest BCUT2D eigenvalue weighted by atomic mass is 10.0. The summed E-state index contributed by atoms with van der Waals surface area (Å²) in [5.74, 6) is -2.84. The Morgan fingerprint density at radius 1 is 0.535 bits per heavy atom. The van der Waals surface area contributed by atoms with Gasteiger partial charge in [0.2, 0.25) is 11.8 Å². The predicted octanol–water partition coefficient (Wildman–Crippen LogP) is 6.28. The molecule has 0 rings (SSSR count). The maximum Gasteiger partial charge on any atom is 0.326 e. The molecule has 4 N–H and O–H groups in total. The van der Waals surface area contributed by atoms with Crippen LogP contribution in [-0.4, -0.2) is 58.1 Å². The number of hydrogen-bond donors (Lipinski definition) is 4. The van der Waals surface area contributed by atoms with Crippen molar-refractivity contribution in [2.45, 2.75) is 173 Å². The number of amides is 2. The zero-order valence-electron chi connectivity index (χ0n) is 26.5. The van der Waals surface area contributed by atoms with Crippen LogP contribution < -0.4 is 10.6 Å². The molecular weight excluding hydrogens is 552 g/mol. The summed E-state index contributed by atoms with van der Waals surface area (Å²) in [5, 5.41) is 22.8. The number of rotatable bonds is 31. The van der Waals surface area contributed by atoms with E-state index in [1.54, 1.807) is 0 Å². The van der Waals surface area contributed by atoms with Gasteiger partial charge >= 0.3 is 11.9 Å². The van der Waals surface area contributed by atoms with Crippen LogP contribution in [0.2, 0.25) is 0 Å². The first-order chi connectivity index (χ1) is 20.6. The number of unbranched alkanes of at least 4 members (excludes halogenated alkanes) is 17. The van der Waals surface area contributed by atoms with Gasteiger partial charge in [0.15, 0.2) is 0 Å². The van der Waals surface area contributed by atoms with Crippen LogP contribution in [0.5, 0.6) is 0 Å². The average molecular weight is 611 g/mol. The third-order valence-electron chi connectivity index (χ3n) is 7.66. The van der Waals surface area contributed by atoms with Gasteiger partial charge < -0.3 is 30.4 Å². The fourth-order valence-electron chi connectivity index (χ4n) is 5.00. The van der Waals surface area contributed by atoms with Gasteiger partial charge in [-0.25, -0.2) is 4.79 Å². The molecule has 0 aromatic heterocycles. The largest absolute Gasteiger partial charge is 0.481 e. The van der Waals surface area contributed by atoms with Crippen molar-refractivity contribution in [1.82, 2.24) is 10.6 Å². The maximum absolute atomic E-state index is 12.2. The van der Waals surface area contributed by atoms with Gasteiger partial charge in [0, 0.05) is 25.7 Å². The first-order valence-corrected chi connectivity index (χ1v) is 16.6. The van der Waals surface area contributed by atoms with E-state index in [0.29, 0.717) is 19.1 Å². The summed E-state index contributed by atoms with van der Waals surface area (Å²) in [5.41, 5.74) is 0. The third-order valence-corrected chi connectivity index (χ3v) is 7.66. The fraction of sp³-hybridized carbons (Fsp3) is 0.818. The lowest BCUT2D eigenvalue weighted by molar-refractivity contribution is -0.142. The number of Topliss-reactive ketones (excluding diaryl/α,β-unsaturated/α-hetero) is 1. The Morgan fingerprint density at radius 2 is 0.930 bits per heavy atom. The molecule has 0 aromatic rings. The first kappa shape index (κ1) is 40.2. The van der Waals surface area contributed by atoms with Gasteiger partial charge in [-0.15, -0.1) is 0 Å².